The van der Waals surface area contributed by atoms with Crippen LogP contribution >= 0.6 is 0 Å². The summed E-state index contributed by atoms with van der Waals surface area (Å²) in [5.74, 6) is -1.64. The van der Waals surface area contributed by atoms with Gasteiger partial charge in [-0.1, -0.05) is 18.6 Å². The molecule has 3 fully saturated rings. The van der Waals surface area contributed by atoms with Crippen LogP contribution in [0.1, 0.15) is 46.0 Å². The van der Waals surface area contributed by atoms with Gasteiger partial charge in [0.15, 0.2) is 17.2 Å². The van der Waals surface area contributed by atoms with Crippen molar-refractivity contribution in [3.63, 3.8) is 0 Å². The van der Waals surface area contributed by atoms with Crippen molar-refractivity contribution < 1.29 is 29.3 Å². The van der Waals surface area contributed by atoms with Crippen molar-refractivity contribution >= 4 is 11.6 Å². The Kier molecular flexibility index (Phi) is 3.92. The molecule has 0 spiro atoms. The molecule has 7 atom stereocenters. The first-order valence-corrected chi connectivity index (χ1v) is 9.72. The molecule has 4 aliphatic rings. The molecule has 148 valence electrons. The lowest BCUT2D eigenvalue weighted by molar-refractivity contribution is -0.217. The minimum atomic E-state index is -1.97. The number of fused-ring (bicyclic) bond motifs is 5. The lowest BCUT2D eigenvalue weighted by atomic mass is 9.44. The highest BCUT2D eigenvalue weighted by molar-refractivity contribution is 6.01. The van der Waals surface area contributed by atoms with E-state index < -0.39 is 46.5 Å². The minimum absolute atomic E-state index is 0.0580. The van der Waals surface area contributed by atoms with Gasteiger partial charge in [0.2, 0.25) is 0 Å². The van der Waals surface area contributed by atoms with E-state index in [0.29, 0.717) is 24.8 Å². The van der Waals surface area contributed by atoms with Gasteiger partial charge in [0.25, 0.3) is 0 Å². The van der Waals surface area contributed by atoms with E-state index in [0.717, 1.165) is 0 Å². The van der Waals surface area contributed by atoms with Gasteiger partial charge in [0.1, 0.15) is 12.2 Å². The molecular formula is C21H27FO5. The lowest BCUT2D eigenvalue weighted by Gasteiger charge is -2.62. The first-order chi connectivity index (χ1) is 12.5. The van der Waals surface area contributed by atoms with Gasteiger partial charge in [0, 0.05) is 16.7 Å². The van der Waals surface area contributed by atoms with Crippen LogP contribution in [-0.2, 0) is 9.59 Å². The van der Waals surface area contributed by atoms with E-state index in [9.17, 15) is 24.9 Å². The summed E-state index contributed by atoms with van der Waals surface area (Å²) < 4.78 is 16.7. The van der Waals surface area contributed by atoms with Crippen molar-refractivity contribution in [1.82, 2.24) is 0 Å². The summed E-state index contributed by atoms with van der Waals surface area (Å²) in [4.78, 5) is 24.1. The molecule has 4 rings (SSSR count). The molecule has 0 amide bonds. The summed E-state index contributed by atoms with van der Waals surface area (Å²) in [6.07, 6.45) is 4.65. The molecular weight excluding hydrogens is 351 g/mol. The Bertz CT molecular complexity index is 775. The molecule has 0 radical (unpaired) electrons. The van der Waals surface area contributed by atoms with Crippen molar-refractivity contribution in [2.24, 2.45) is 22.7 Å². The van der Waals surface area contributed by atoms with Crippen molar-refractivity contribution in [3.8, 4) is 0 Å². The maximum absolute atomic E-state index is 16.7. The Hall–Kier alpha value is -1.37. The molecule has 0 heterocycles. The van der Waals surface area contributed by atoms with Crippen LogP contribution in [-0.4, -0.2) is 50.9 Å². The Balaban J connectivity index is 1.81. The Labute approximate surface area is 158 Å². The summed E-state index contributed by atoms with van der Waals surface area (Å²) in [7, 11) is 0. The molecule has 0 aliphatic heterocycles. The highest BCUT2D eigenvalue weighted by Crippen LogP contribution is 2.69. The molecule has 27 heavy (non-hydrogen) atoms. The summed E-state index contributed by atoms with van der Waals surface area (Å²) in [5.41, 5.74) is -5.07. The fraction of sp³-hybridized carbons (Fsp3) is 0.714. The Morgan fingerprint density at radius 1 is 1.30 bits per heavy atom. The molecule has 0 aromatic carbocycles. The van der Waals surface area contributed by atoms with Crippen LogP contribution in [0.5, 0.6) is 0 Å². The average Bonchev–Trinajstić information content (AvgIpc) is 2.88. The molecule has 3 saturated carbocycles. The predicted molar refractivity (Wildman–Crippen MR) is 95.4 cm³/mol. The second-order valence-corrected chi connectivity index (χ2v) is 9.24. The van der Waals surface area contributed by atoms with Gasteiger partial charge >= 0.3 is 0 Å². The van der Waals surface area contributed by atoms with E-state index in [1.807, 2.05) is 0 Å². The highest BCUT2D eigenvalue weighted by atomic mass is 19.1. The van der Waals surface area contributed by atoms with Gasteiger partial charge in [-0.2, -0.15) is 0 Å². The van der Waals surface area contributed by atoms with Crippen LogP contribution in [0.3, 0.4) is 0 Å². The number of Topliss-reactive ketones (excluding diaryl/α,β-unsaturated/α-hetero) is 1. The average molecular weight is 378 g/mol. The Morgan fingerprint density at radius 3 is 2.67 bits per heavy atom. The largest absolute Gasteiger partial charge is 0.390 e. The number of alkyl halides is 1. The number of rotatable bonds is 2. The van der Waals surface area contributed by atoms with Gasteiger partial charge < -0.3 is 15.3 Å². The standard InChI is InChI=1S/C21H27FO5/c1-18-7-5-13(24)9-12(18)3-4-15-14-6-8-20(27,17(26)11-23)19(14,2)10-16(25)21(15,18)22/h5,7,9,14-16,23,25,27H,3-4,6,8,10-11H2,1-2H3/t14-,15-,16+,18+,19+,20+,21+/m1/s1. The number of aliphatic hydroxyl groups excluding tert-OH is 2. The molecule has 6 heteroatoms. The summed E-state index contributed by atoms with van der Waals surface area (Å²) in [6.45, 7) is 2.71. The second kappa shape index (κ2) is 5.58. The van der Waals surface area contributed by atoms with Crippen LogP contribution in [0.25, 0.3) is 0 Å². The van der Waals surface area contributed by atoms with Crippen LogP contribution in [0.4, 0.5) is 4.39 Å². The lowest BCUT2D eigenvalue weighted by Crippen LogP contribution is -2.69. The zero-order valence-corrected chi connectivity index (χ0v) is 15.7. The van der Waals surface area contributed by atoms with E-state index in [4.69, 9.17) is 0 Å². The van der Waals surface area contributed by atoms with Crippen molar-refractivity contribution in [3.05, 3.63) is 23.8 Å². The third kappa shape index (κ3) is 2.04. The molecule has 3 N–H and O–H groups in total. The van der Waals surface area contributed by atoms with Gasteiger partial charge in [-0.25, -0.2) is 4.39 Å². The zero-order valence-electron chi connectivity index (χ0n) is 15.7. The molecule has 5 nitrogen and oxygen atoms in total. The van der Waals surface area contributed by atoms with Crippen molar-refractivity contribution in [2.45, 2.75) is 63.3 Å². The number of allylic oxidation sites excluding steroid dienone is 4. The SMILES string of the molecule is C[C@]12C=CC(=O)C=C1CC[C@@H]1[C@H]3CC[C@](O)(C(=O)CO)[C@@]3(C)C[C@H](O)[C@@]12F. The fourth-order valence-corrected chi connectivity index (χ4v) is 6.80. The van der Waals surface area contributed by atoms with E-state index in [1.165, 1.54) is 12.2 Å². The van der Waals surface area contributed by atoms with Gasteiger partial charge in [-0.15, -0.1) is 0 Å². The van der Waals surface area contributed by atoms with E-state index >= 15 is 4.39 Å². The normalized spacial score (nSPS) is 51.3. The van der Waals surface area contributed by atoms with Crippen LogP contribution < -0.4 is 0 Å². The molecule has 4 aliphatic carbocycles. The molecule has 0 aromatic rings. The summed E-state index contributed by atoms with van der Waals surface area (Å²) in [6, 6.07) is 0. The van der Waals surface area contributed by atoms with Crippen LogP contribution in [0.2, 0.25) is 0 Å². The van der Waals surface area contributed by atoms with Crippen LogP contribution in [0, 0.1) is 22.7 Å². The number of carbonyl (C=O) groups excluding carboxylic acids is 2. The molecule has 0 saturated heterocycles. The second-order valence-electron chi connectivity index (χ2n) is 9.24. The predicted octanol–water partition coefficient (Wildman–Crippen LogP) is 1.65. The van der Waals surface area contributed by atoms with E-state index in [-0.39, 0.29) is 24.5 Å². The smallest absolute Gasteiger partial charge is 0.190 e. The number of hydrogen-bond donors (Lipinski definition) is 3. The number of aliphatic hydroxyl groups is 3. The molecule has 0 unspecified atom stereocenters. The quantitative estimate of drug-likeness (QED) is 0.679. The van der Waals surface area contributed by atoms with E-state index in [2.05, 4.69) is 0 Å². The van der Waals surface area contributed by atoms with Crippen LogP contribution in [0.15, 0.2) is 23.8 Å². The molecule has 0 bridgehead atoms. The van der Waals surface area contributed by atoms with Crippen molar-refractivity contribution in [2.75, 3.05) is 6.61 Å². The number of ketones is 2. The monoisotopic (exact) mass is 378 g/mol. The molecule has 0 aromatic heterocycles. The van der Waals surface area contributed by atoms with E-state index in [1.54, 1.807) is 19.9 Å². The zero-order chi connectivity index (χ0) is 19.8. The van der Waals surface area contributed by atoms with Gasteiger partial charge in [-0.3, -0.25) is 9.59 Å². The summed E-state index contributed by atoms with van der Waals surface area (Å²) in [5, 5.41) is 31.5. The van der Waals surface area contributed by atoms with Gasteiger partial charge in [0.05, 0.1) is 6.10 Å². The minimum Gasteiger partial charge on any atom is -0.390 e. The third-order valence-corrected chi connectivity index (χ3v) is 8.40. The maximum atomic E-state index is 16.7. The van der Waals surface area contributed by atoms with Crippen molar-refractivity contribution in [1.29, 1.82) is 0 Å². The Morgan fingerprint density at radius 2 is 2.00 bits per heavy atom. The highest BCUT2D eigenvalue weighted by Gasteiger charge is 2.73. The summed E-state index contributed by atoms with van der Waals surface area (Å²) >= 11 is 0. The topological polar surface area (TPSA) is 94.8 Å². The third-order valence-electron chi connectivity index (χ3n) is 8.40. The first-order valence-electron chi connectivity index (χ1n) is 9.72. The number of halogens is 1. The number of carbonyl (C=O) groups is 2. The first kappa shape index (κ1) is 19.0. The van der Waals surface area contributed by atoms with Gasteiger partial charge in [-0.05, 0) is 57.1 Å². The number of hydrogen-bond acceptors (Lipinski definition) is 5. The maximum Gasteiger partial charge on any atom is 0.190 e. The fourth-order valence-electron chi connectivity index (χ4n) is 6.80.